The number of ether oxygens (including phenoxy) is 3. The third-order valence-electron chi connectivity index (χ3n) is 4.26. The van der Waals surface area contributed by atoms with Crippen LogP contribution in [0.5, 0.6) is 11.5 Å². The smallest absolute Gasteiger partial charge is 0.338 e. The van der Waals surface area contributed by atoms with Crippen LogP contribution in [-0.2, 0) is 10.5 Å². The van der Waals surface area contributed by atoms with Gasteiger partial charge in [0.15, 0.2) is 22.3 Å². The van der Waals surface area contributed by atoms with Crippen molar-refractivity contribution in [2.24, 2.45) is 0 Å². The number of aryl methyl sites for hydroxylation is 1. The Morgan fingerprint density at radius 3 is 2.69 bits per heavy atom. The van der Waals surface area contributed by atoms with Gasteiger partial charge < -0.3 is 19.2 Å². The molecule has 0 amide bonds. The van der Waals surface area contributed by atoms with Crippen LogP contribution in [-0.4, -0.2) is 41.2 Å². The van der Waals surface area contributed by atoms with E-state index in [-0.39, 0.29) is 16.6 Å². The zero-order valence-electron chi connectivity index (χ0n) is 15.6. The molecule has 10 heteroatoms. The first-order valence-electron chi connectivity index (χ1n) is 8.67. The Balaban J connectivity index is 1.66. The molecule has 0 unspecified atom stereocenters. The molecular weight excluding hydrogens is 462 g/mol. The molecule has 150 valence electrons. The number of carbonyl (C=O) groups excluding carboxylic acids is 1. The summed E-state index contributed by atoms with van der Waals surface area (Å²) in [6.45, 7) is 2.76. The molecule has 0 fully saturated rings. The Labute approximate surface area is 178 Å². The van der Waals surface area contributed by atoms with Crippen LogP contribution in [0, 0.1) is 6.92 Å². The Kier molecular flexibility index (Phi) is 5.46. The summed E-state index contributed by atoms with van der Waals surface area (Å²) in [5, 5.41) is 0.519. The second-order valence-electron chi connectivity index (χ2n) is 6.25. The molecule has 3 aromatic rings. The number of esters is 1. The van der Waals surface area contributed by atoms with Gasteiger partial charge in [-0.25, -0.2) is 14.8 Å². The zero-order valence-corrected chi connectivity index (χ0v) is 18.0. The number of nitrogens with one attached hydrogen (secondary N) is 1. The highest BCUT2D eigenvalue weighted by Crippen LogP contribution is 2.37. The highest BCUT2D eigenvalue weighted by atomic mass is 79.9. The van der Waals surface area contributed by atoms with Crippen molar-refractivity contribution in [1.29, 1.82) is 0 Å². The number of thioether (sulfide) groups is 1. The second-order valence-corrected chi connectivity index (χ2v) is 8.07. The Morgan fingerprint density at radius 2 is 1.97 bits per heavy atom. The fraction of sp³-hybridized carbons (Fsp3) is 0.263. The standard InChI is InChI=1S/C19H16BrN3O5S/c1-9-5-11(18(25)26-2)15-16(21-9)22-19(23-17(15)24)29-8-10-6-13-14(7-12(10)20)28-4-3-27-13/h5-7H,3-4,8H2,1-2H3,(H,21,22,23,24). The van der Waals surface area contributed by atoms with E-state index in [0.717, 1.165) is 10.0 Å². The number of H-pyrrole nitrogens is 1. The van der Waals surface area contributed by atoms with Gasteiger partial charge in [-0.05, 0) is 30.7 Å². The van der Waals surface area contributed by atoms with E-state index in [1.807, 2.05) is 12.1 Å². The number of carbonyl (C=O) groups is 1. The quantitative estimate of drug-likeness (QED) is 0.347. The van der Waals surface area contributed by atoms with Gasteiger partial charge in [0, 0.05) is 15.9 Å². The highest BCUT2D eigenvalue weighted by Gasteiger charge is 2.18. The molecular formula is C19H16BrN3O5S. The molecule has 1 aliphatic heterocycles. The van der Waals surface area contributed by atoms with Gasteiger partial charge in [-0.15, -0.1) is 0 Å². The molecule has 1 aliphatic rings. The van der Waals surface area contributed by atoms with Crippen molar-refractivity contribution in [3.63, 3.8) is 0 Å². The highest BCUT2D eigenvalue weighted by molar-refractivity contribution is 9.10. The van der Waals surface area contributed by atoms with Gasteiger partial charge in [-0.2, -0.15) is 0 Å². The molecule has 29 heavy (non-hydrogen) atoms. The maximum atomic E-state index is 12.6. The molecule has 4 rings (SSSR count). The molecule has 8 nitrogen and oxygen atoms in total. The lowest BCUT2D eigenvalue weighted by Crippen LogP contribution is -2.16. The number of aromatic amines is 1. The SMILES string of the molecule is COC(=O)c1cc(C)nc2nc(SCc3cc4c(cc3Br)OCCO4)[nH]c(=O)c12. The molecule has 0 bridgehead atoms. The minimum atomic E-state index is -0.603. The van der Waals surface area contributed by atoms with Crippen molar-refractivity contribution >= 4 is 44.7 Å². The maximum Gasteiger partial charge on any atom is 0.338 e. The lowest BCUT2D eigenvalue weighted by Gasteiger charge is -2.19. The minimum absolute atomic E-state index is 0.118. The Hall–Kier alpha value is -2.59. The van der Waals surface area contributed by atoms with Gasteiger partial charge >= 0.3 is 5.97 Å². The summed E-state index contributed by atoms with van der Waals surface area (Å²) in [7, 11) is 1.26. The van der Waals surface area contributed by atoms with Crippen LogP contribution >= 0.6 is 27.7 Å². The van der Waals surface area contributed by atoms with Gasteiger partial charge in [0.25, 0.3) is 5.56 Å². The van der Waals surface area contributed by atoms with E-state index in [0.29, 0.717) is 41.3 Å². The third kappa shape index (κ3) is 3.95. The van der Waals surface area contributed by atoms with Gasteiger partial charge in [0.1, 0.15) is 13.2 Å². The number of nitrogens with zero attached hydrogens (tertiary/aromatic N) is 2. The summed E-state index contributed by atoms with van der Waals surface area (Å²) >= 11 is 4.89. The Bertz CT molecular complexity index is 1180. The summed E-state index contributed by atoms with van der Waals surface area (Å²) in [5.41, 5.74) is 1.45. The number of hydrogen-bond donors (Lipinski definition) is 1. The lowest BCUT2D eigenvalue weighted by molar-refractivity contribution is 0.0602. The first kappa shape index (κ1) is 19.7. The number of rotatable bonds is 4. The number of halogens is 1. The molecule has 0 radical (unpaired) electrons. The molecule has 1 N–H and O–H groups in total. The van der Waals surface area contributed by atoms with Gasteiger partial charge in [-0.1, -0.05) is 27.7 Å². The molecule has 0 atom stereocenters. The molecule has 0 saturated heterocycles. The van der Waals surface area contributed by atoms with E-state index in [1.165, 1.54) is 24.9 Å². The average Bonchev–Trinajstić information content (AvgIpc) is 2.70. The van der Waals surface area contributed by atoms with Gasteiger partial charge in [0.05, 0.1) is 18.1 Å². The summed E-state index contributed by atoms with van der Waals surface area (Å²) in [6, 6.07) is 5.29. The van der Waals surface area contributed by atoms with Crippen molar-refractivity contribution in [2.75, 3.05) is 20.3 Å². The van der Waals surface area contributed by atoms with Crippen molar-refractivity contribution in [2.45, 2.75) is 17.8 Å². The molecule has 0 aliphatic carbocycles. The lowest BCUT2D eigenvalue weighted by atomic mass is 10.1. The number of methoxy groups -OCH3 is 1. The van der Waals surface area contributed by atoms with Gasteiger partial charge in [0.2, 0.25) is 0 Å². The van der Waals surface area contributed by atoms with Crippen LogP contribution in [0.25, 0.3) is 11.0 Å². The van der Waals surface area contributed by atoms with E-state index in [1.54, 1.807) is 6.92 Å². The number of fused-ring (bicyclic) bond motifs is 2. The minimum Gasteiger partial charge on any atom is -0.486 e. The van der Waals surface area contributed by atoms with E-state index < -0.39 is 11.5 Å². The van der Waals surface area contributed by atoms with E-state index in [4.69, 9.17) is 14.2 Å². The van der Waals surface area contributed by atoms with Crippen LogP contribution in [0.4, 0.5) is 0 Å². The predicted molar refractivity (Wildman–Crippen MR) is 111 cm³/mol. The summed E-state index contributed by atoms with van der Waals surface area (Å²) in [5.74, 6) is 1.31. The monoisotopic (exact) mass is 477 g/mol. The summed E-state index contributed by atoms with van der Waals surface area (Å²) in [6.07, 6.45) is 0. The Morgan fingerprint density at radius 1 is 1.24 bits per heavy atom. The first-order valence-corrected chi connectivity index (χ1v) is 10.4. The van der Waals surface area contributed by atoms with Crippen LogP contribution in [0.2, 0.25) is 0 Å². The topological polar surface area (TPSA) is 103 Å². The number of pyridine rings is 1. The molecule has 3 heterocycles. The van der Waals surface area contributed by atoms with Crippen LogP contribution < -0.4 is 15.0 Å². The van der Waals surface area contributed by atoms with Crippen LogP contribution in [0.3, 0.4) is 0 Å². The molecule has 2 aromatic heterocycles. The van der Waals surface area contributed by atoms with Crippen molar-refractivity contribution in [1.82, 2.24) is 15.0 Å². The van der Waals surface area contributed by atoms with Crippen LogP contribution in [0.1, 0.15) is 21.6 Å². The van der Waals surface area contributed by atoms with E-state index in [2.05, 4.69) is 30.9 Å². The molecule has 0 saturated carbocycles. The largest absolute Gasteiger partial charge is 0.486 e. The maximum absolute atomic E-state index is 12.6. The second kappa shape index (κ2) is 8.03. The predicted octanol–water partition coefficient (Wildman–Crippen LogP) is 3.24. The molecule has 0 spiro atoms. The average molecular weight is 478 g/mol. The molecule has 1 aromatic carbocycles. The zero-order chi connectivity index (χ0) is 20.5. The van der Waals surface area contributed by atoms with Crippen molar-refractivity contribution < 1.29 is 19.0 Å². The van der Waals surface area contributed by atoms with Gasteiger partial charge in [-0.3, -0.25) is 4.79 Å². The first-order chi connectivity index (χ1) is 14.0. The van der Waals surface area contributed by atoms with E-state index in [9.17, 15) is 9.59 Å². The van der Waals surface area contributed by atoms with E-state index >= 15 is 0 Å². The fourth-order valence-corrected chi connectivity index (χ4v) is 4.44. The number of aromatic nitrogens is 3. The number of benzene rings is 1. The van der Waals surface area contributed by atoms with Crippen LogP contribution in [0.15, 0.2) is 32.6 Å². The normalized spacial score (nSPS) is 12.8. The summed E-state index contributed by atoms with van der Waals surface area (Å²) < 4.78 is 16.8. The fourth-order valence-electron chi connectivity index (χ4n) is 2.95. The summed E-state index contributed by atoms with van der Waals surface area (Å²) in [4.78, 5) is 36.1. The van der Waals surface area contributed by atoms with Crippen molar-refractivity contribution in [3.8, 4) is 11.5 Å². The van der Waals surface area contributed by atoms with Crippen molar-refractivity contribution in [3.05, 3.63) is 49.8 Å². The number of hydrogen-bond acceptors (Lipinski definition) is 8. The third-order valence-corrected chi connectivity index (χ3v) is 5.92.